The summed E-state index contributed by atoms with van der Waals surface area (Å²) in [5.41, 5.74) is 0.360. The number of imide groups is 1. The number of halogens is 1. The van der Waals surface area contributed by atoms with Crippen LogP contribution >= 0.6 is 11.6 Å². The summed E-state index contributed by atoms with van der Waals surface area (Å²) in [6.07, 6.45) is -2.14. The summed E-state index contributed by atoms with van der Waals surface area (Å²) in [5, 5.41) is 1.95. The van der Waals surface area contributed by atoms with Gasteiger partial charge in [0.2, 0.25) is 5.71 Å². The summed E-state index contributed by atoms with van der Waals surface area (Å²) in [4.78, 5) is 31.4. The summed E-state index contributed by atoms with van der Waals surface area (Å²) < 4.78 is 19.9. The van der Waals surface area contributed by atoms with Crippen LogP contribution in [0.15, 0.2) is 40.8 Å². The Hall–Kier alpha value is -3.33. The van der Waals surface area contributed by atoms with Crippen molar-refractivity contribution in [3.63, 3.8) is 0 Å². The van der Waals surface area contributed by atoms with Crippen molar-refractivity contribution in [2.45, 2.75) is 0 Å². The number of fused-ring (bicyclic) bond motifs is 1. The van der Waals surface area contributed by atoms with Gasteiger partial charge in [0.25, 0.3) is 11.8 Å². The summed E-state index contributed by atoms with van der Waals surface area (Å²) in [6, 6.07) is 9.59. The average Bonchev–Trinajstić information content (AvgIpc) is 2.93. The normalized spacial score (nSPS) is 10.3. The lowest BCUT2D eigenvalue weighted by molar-refractivity contribution is 0.178. The molecule has 0 fully saturated rings. The van der Waals surface area contributed by atoms with Crippen molar-refractivity contribution in [2.75, 3.05) is 7.11 Å². The van der Waals surface area contributed by atoms with Crippen LogP contribution in [0.3, 0.4) is 0 Å². The van der Waals surface area contributed by atoms with Gasteiger partial charge in [-0.1, -0.05) is 18.2 Å². The number of ether oxygens (including phenoxy) is 3. The molecule has 1 aromatic carbocycles. The molecule has 3 aromatic rings. The smallest absolute Gasteiger partial charge is 0.423 e. The van der Waals surface area contributed by atoms with Crippen molar-refractivity contribution in [1.29, 1.82) is 0 Å². The Balaban J connectivity index is 1.69. The monoisotopic (exact) mass is 363 g/mol. The molecule has 0 unspecified atom stereocenters. The lowest BCUT2D eigenvalue weighted by atomic mass is 10.3. The minimum absolute atomic E-state index is 0.0603. The number of carbonyl (C=O) groups is 2. The number of carbonyl (C=O) groups excluding carboxylic acids is 2. The molecule has 0 radical (unpaired) electrons. The maximum atomic E-state index is 11.8. The van der Waals surface area contributed by atoms with E-state index in [1.165, 1.54) is 13.2 Å². The number of hydrogen-bond donors (Lipinski definition) is 1. The highest BCUT2D eigenvalue weighted by atomic mass is 35.5. The third kappa shape index (κ3) is 3.96. The topological polar surface area (TPSA) is 113 Å². The van der Waals surface area contributed by atoms with E-state index in [4.69, 9.17) is 30.2 Å². The highest BCUT2D eigenvalue weighted by Crippen LogP contribution is 2.28. The molecule has 2 amide bonds. The van der Waals surface area contributed by atoms with Crippen molar-refractivity contribution in [3.8, 4) is 17.5 Å². The minimum atomic E-state index is -1.12. The van der Waals surface area contributed by atoms with Gasteiger partial charge in [0.1, 0.15) is 11.3 Å². The molecule has 1 N–H and O–H groups in total. The molecule has 0 aliphatic heterocycles. The van der Waals surface area contributed by atoms with Crippen LogP contribution in [0.2, 0.25) is 5.22 Å². The maximum absolute atomic E-state index is 11.8. The van der Waals surface area contributed by atoms with Crippen LogP contribution in [-0.2, 0) is 0 Å². The first kappa shape index (κ1) is 16.5. The van der Waals surface area contributed by atoms with Crippen LogP contribution < -0.4 is 19.5 Å². The zero-order chi connectivity index (χ0) is 17.8. The molecule has 128 valence electrons. The Morgan fingerprint density at radius 2 is 1.80 bits per heavy atom. The second-order valence-electron chi connectivity index (χ2n) is 4.50. The average molecular weight is 364 g/mol. The fourth-order valence-electron chi connectivity index (χ4n) is 1.82. The van der Waals surface area contributed by atoms with Crippen molar-refractivity contribution < 1.29 is 28.2 Å². The van der Waals surface area contributed by atoms with Crippen molar-refractivity contribution in [3.05, 3.63) is 41.6 Å². The number of nitrogens with zero attached hydrogens (tertiary/aromatic N) is 2. The molecular weight excluding hydrogens is 354 g/mol. The van der Waals surface area contributed by atoms with Gasteiger partial charge in [-0.3, -0.25) is 0 Å². The van der Waals surface area contributed by atoms with E-state index in [2.05, 4.69) is 9.97 Å². The first-order valence-electron chi connectivity index (χ1n) is 6.82. The number of amides is 2. The van der Waals surface area contributed by atoms with Gasteiger partial charge in [-0.2, -0.15) is 4.98 Å². The van der Waals surface area contributed by atoms with Crippen LogP contribution in [0.25, 0.3) is 11.2 Å². The largest absolute Gasteiger partial charge is 0.477 e. The number of aromatic nitrogens is 2. The fourth-order valence-corrected chi connectivity index (χ4v) is 1.99. The number of methoxy groups -OCH3 is 1. The molecule has 0 saturated carbocycles. The Morgan fingerprint density at radius 3 is 2.52 bits per heavy atom. The van der Waals surface area contributed by atoms with E-state index in [-0.39, 0.29) is 34.0 Å². The highest BCUT2D eigenvalue weighted by Gasteiger charge is 2.19. The SMILES string of the molecule is COc1nc2oc(Cl)cc2nc1OC(=O)NC(=O)Oc1ccccc1. The van der Waals surface area contributed by atoms with Gasteiger partial charge in [-0.15, -0.1) is 0 Å². The number of nitrogens with one attached hydrogen (secondary N) is 1. The van der Waals surface area contributed by atoms with Crippen molar-refractivity contribution in [1.82, 2.24) is 15.3 Å². The first-order valence-corrected chi connectivity index (χ1v) is 7.19. The summed E-state index contributed by atoms with van der Waals surface area (Å²) in [5.74, 6) is -0.123. The molecule has 0 atom stereocenters. The van der Waals surface area contributed by atoms with E-state index in [1.54, 1.807) is 30.3 Å². The van der Waals surface area contributed by atoms with Gasteiger partial charge >= 0.3 is 12.2 Å². The standard InChI is InChI=1S/C15H10ClN3O6/c1-22-12-13(17-9-7-10(16)24-11(9)18-12)25-15(21)19-14(20)23-8-5-3-2-4-6-8/h2-7H,1H3,(H,19,20,21). The second kappa shape index (κ2) is 7.05. The van der Waals surface area contributed by atoms with E-state index >= 15 is 0 Å². The highest BCUT2D eigenvalue weighted by molar-refractivity contribution is 6.29. The van der Waals surface area contributed by atoms with Crippen molar-refractivity contribution >= 4 is 35.0 Å². The van der Waals surface area contributed by atoms with E-state index < -0.39 is 12.2 Å². The predicted molar refractivity (Wildman–Crippen MR) is 85.0 cm³/mol. The van der Waals surface area contributed by atoms with E-state index in [1.807, 2.05) is 5.32 Å². The third-order valence-electron chi connectivity index (χ3n) is 2.81. The van der Waals surface area contributed by atoms with E-state index in [0.29, 0.717) is 0 Å². The summed E-state index contributed by atoms with van der Waals surface area (Å²) >= 11 is 5.71. The van der Waals surface area contributed by atoms with Crippen LogP contribution in [0.4, 0.5) is 9.59 Å². The Bertz CT molecular complexity index is 928. The minimum Gasteiger partial charge on any atom is -0.477 e. The zero-order valence-electron chi connectivity index (χ0n) is 12.7. The number of rotatable bonds is 3. The zero-order valence-corrected chi connectivity index (χ0v) is 13.4. The molecule has 0 bridgehead atoms. The molecule has 0 aliphatic carbocycles. The predicted octanol–water partition coefficient (Wildman–Crippen LogP) is 3.17. The van der Waals surface area contributed by atoms with E-state index in [9.17, 15) is 9.59 Å². The molecule has 3 rings (SSSR count). The summed E-state index contributed by atoms with van der Waals surface area (Å²) in [7, 11) is 1.30. The molecule has 25 heavy (non-hydrogen) atoms. The molecule has 0 saturated heterocycles. The number of furan rings is 1. The third-order valence-corrected chi connectivity index (χ3v) is 3.00. The molecule has 10 heteroatoms. The van der Waals surface area contributed by atoms with E-state index in [0.717, 1.165) is 0 Å². The summed E-state index contributed by atoms with van der Waals surface area (Å²) in [6.45, 7) is 0. The van der Waals surface area contributed by atoms with Gasteiger partial charge in [0, 0.05) is 6.07 Å². The number of hydrogen-bond acceptors (Lipinski definition) is 8. The first-order chi connectivity index (χ1) is 12.0. The van der Waals surface area contributed by atoms with Gasteiger partial charge in [-0.25, -0.2) is 19.9 Å². The van der Waals surface area contributed by atoms with Gasteiger partial charge in [0.15, 0.2) is 5.22 Å². The van der Waals surface area contributed by atoms with Crippen molar-refractivity contribution in [2.24, 2.45) is 0 Å². The molecule has 0 aliphatic rings. The van der Waals surface area contributed by atoms with Crippen LogP contribution in [-0.4, -0.2) is 29.3 Å². The van der Waals surface area contributed by atoms with Gasteiger partial charge < -0.3 is 18.6 Å². The molecule has 2 aromatic heterocycles. The molecule has 2 heterocycles. The second-order valence-corrected chi connectivity index (χ2v) is 4.87. The molecule has 9 nitrogen and oxygen atoms in total. The number of benzene rings is 1. The van der Waals surface area contributed by atoms with Crippen LogP contribution in [0.5, 0.6) is 17.5 Å². The van der Waals surface area contributed by atoms with Gasteiger partial charge in [-0.05, 0) is 23.7 Å². The molecular formula is C15H10ClN3O6. The Morgan fingerprint density at radius 1 is 1.08 bits per heavy atom. The Labute approximate surface area is 145 Å². The quantitative estimate of drug-likeness (QED) is 0.754. The lowest BCUT2D eigenvalue weighted by Crippen LogP contribution is -2.35. The van der Waals surface area contributed by atoms with Crippen LogP contribution in [0.1, 0.15) is 0 Å². The molecule has 0 spiro atoms. The fraction of sp³-hybridized carbons (Fsp3) is 0.0667. The van der Waals surface area contributed by atoms with Gasteiger partial charge in [0.05, 0.1) is 7.11 Å². The number of para-hydroxylation sites is 1. The Kier molecular flexibility index (Phi) is 4.66. The maximum Gasteiger partial charge on any atom is 0.423 e. The van der Waals surface area contributed by atoms with Crippen LogP contribution in [0, 0.1) is 0 Å². The lowest BCUT2D eigenvalue weighted by Gasteiger charge is -2.08.